The van der Waals surface area contributed by atoms with Crippen LogP contribution in [0.3, 0.4) is 0 Å². The molecule has 0 bridgehead atoms. The molecule has 7 nitrogen and oxygen atoms in total. The Morgan fingerprint density at radius 2 is 2.00 bits per heavy atom. The van der Waals surface area contributed by atoms with Crippen LogP contribution in [0, 0.1) is 12.8 Å². The van der Waals surface area contributed by atoms with Gasteiger partial charge in [-0.05, 0) is 75.3 Å². The van der Waals surface area contributed by atoms with Gasteiger partial charge in [-0.2, -0.15) is 0 Å². The van der Waals surface area contributed by atoms with Crippen molar-refractivity contribution in [2.24, 2.45) is 5.92 Å². The molecule has 1 aromatic rings. The van der Waals surface area contributed by atoms with E-state index in [9.17, 15) is 14.7 Å². The van der Waals surface area contributed by atoms with Crippen molar-refractivity contribution in [3.63, 3.8) is 0 Å². The summed E-state index contributed by atoms with van der Waals surface area (Å²) in [5, 5.41) is 15.4. The quantitative estimate of drug-likeness (QED) is 0.720. The number of amides is 3. The number of likely N-dealkylation sites (tertiary alicyclic amines) is 1. The van der Waals surface area contributed by atoms with Crippen LogP contribution in [0.25, 0.3) is 0 Å². The largest absolute Gasteiger partial charge is 0.497 e. The first-order chi connectivity index (χ1) is 14.7. The number of nitrogens with zero attached hydrogens (tertiary/aromatic N) is 2. The van der Waals surface area contributed by atoms with Crippen molar-refractivity contribution in [3.8, 4) is 5.75 Å². The summed E-state index contributed by atoms with van der Waals surface area (Å²) in [5.74, 6) is 0.995. The average Bonchev–Trinajstić information content (AvgIpc) is 3.08. The number of imide groups is 1. The monoisotopic (exact) mass is 427 g/mol. The minimum absolute atomic E-state index is 0.0925. The third kappa shape index (κ3) is 2.47. The molecule has 2 heterocycles. The number of benzene rings is 1. The number of rotatable bonds is 4. The lowest BCUT2D eigenvalue weighted by molar-refractivity contribution is -0.150. The van der Waals surface area contributed by atoms with E-state index in [4.69, 9.17) is 4.74 Å². The molecule has 168 valence electrons. The molecule has 4 aliphatic rings. The fraction of sp³-hybridized carbons (Fsp3) is 0.667. The molecule has 2 aliphatic heterocycles. The van der Waals surface area contributed by atoms with Gasteiger partial charge in [0.05, 0.1) is 12.7 Å². The highest BCUT2D eigenvalue weighted by Gasteiger charge is 2.74. The molecule has 5 rings (SSSR count). The zero-order valence-electron chi connectivity index (χ0n) is 18.9. The molecule has 5 atom stereocenters. The molecule has 1 aromatic carbocycles. The van der Waals surface area contributed by atoms with Crippen LogP contribution in [-0.4, -0.2) is 70.8 Å². The fourth-order valence-corrected chi connectivity index (χ4v) is 7.33. The molecule has 3 amide bonds. The van der Waals surface area contributed by atoms with Crippen LogP contribution in [0.1, 0.15) is 50.7 Å². The Morgan fingerprint density at radius 3 is 2.65 bits per heavy atom. The van der Waals surface area contributed by atoms with Crippen molar-refractivity contribution in [1.29, 1.82) is 0 Å². The second-order valence-electron chi connectivity index (χ2n) is 9.92. The maximum absolute atomic E-state index is 13.4. The van der Waals surface area contributed by atoms with Crippen LogP contribution in [0.2, 0.25) is 0 Å². The average molecular weight is 428 g/mol. The normalized spacial score (nSPS) is 39.3. The number of carbonyl (C=O) groups is 2. The summed E-state index contributed by atoms with van der Waals surface area (Å²) in [7, 11) is 1.65. The number of nitrogens with one attached hydrogen (secondary N) is 1. The second kappa shape index (κ2) is 6.69. The zero-order chi connectivity index (χ0) is 22.2. The number of carbonyl (C=O) groups excluding carboxylic acids is 2. The minimum Gasteiger partial charge on any atom is -0.497 e. The molecule has 4 fully saturated rings. The van der Waals surface area contributed by atoms with Gasteiger partial charge in [-0.15, -0.1) is 0 Å². The van der Waals surface area contributed by atoms with Crippen molar-refractivity contribution >= 4 is 11.9 Å². The molecule has 1 spiro atoms. The standard InChI is InChI=1S/C24H33N3O4/c1-5-26-13-16-12-22(18-11-17(31-4)8-7-15(18)3)14-23(9-10-24(22,30)19(16)26)20(28)27(6-2)21(29)25-23/h7-8,11,16,19,30H,5-6,9-10,12-14H2,1-4H3,(H,25,29)/t16?,19-,22-,23+,24-/m1/s1. The first-order valence-corrected chi connectivity index (χ1v) is 11.5. The summed E-state index contributed by atoms with van der Waals surface area (Å²) in [5.41, 5.74) is -0.370. The van der Waals surface area contributed by atoms with Crippen molar-refractivity contribution in [1.82, 2.24) is 15.1 Å². The fourth-order valence-electron chi connectivity index (χ4n) is 7.33. The van der Waals surface area contributed by atoms with Gasteiger partial charge in [0.25, 0.3) is 5.91 Å². The van der Waals surface area contributed by atoms with Gasteiger partial charge >= 0.3 is 6.03 Å². The number of aryl methyl sites for hydroxylation is 1. The topological polar surface area (TPSA) is 82.1 Å². The number of urea groups is 1. The van der Waals surface area contributed by atoms with Crippen LogP contribution in [0.4, 0.5) is 4.79 Å². The van der Waals surface area contributed by atoms with E-state index < -0.39 is 16.6 Å². The highest BCUT2D eigenvalue weighted by molar-refractivity contribution is 6.07. The SMILES string of the molecule is CCN1C(=O)N[C@]2(CC[C@@]3(O)[C@H]4C(CN4CC)C[C@]3(c3cc(OC)ccc3C)C2)C1=O. The molecule has 1 unspecified atom stereocenters. The Morgan fingerprint density at radius 1 is 1.23 bits per heavy atom. The van der Waals surface area contributed by atoms with E-state index in [1.165, 1.54) is 4.90 Å². The van der Waals surface area contributed by atoms with Crippen LogP contribution in [0.15, 0.2) is 18.2 Å². The third-order valence-electron chi connectivity index (χ3n) is 8.70. The van der Waals surface area contributed by atoms with Gasteiger partial charge in [-0.1, -0.05) is 13.0 Å². The van der Waals surface area contributed by atoms with Gasteiger partial charge in [0, 0.05) is 24.5 Å². The van der Waals surface area contributed by atoms with Gasteiger partial charge in [-0.25, -0.2) is 4.79 Å². The van der Waals surface area contributed by atoms with E-state index in [1.807, 2.05) is 25.1 Å². The van der Waals surface area contributed by atoms with Gasteiger partial charge in [-0.3, -0.25) is 14.6 Å². The Balaban J connectivity index is 1.67. The third-order valence-corrected chi connectivity index (χ3v) is 8.70. The number of likely N-dealkylation sites (N-methyl/N-ethyl adjacent to an activating group) is 2. The molecule has 2 saturated heterocycles. The lowest BCUT2D eigenvalue weighted by atomic mass is 9.55. The summed E-state index contributed by atoms with van der Waals surface area (Å²) in [4.78, 5) is 29.7. The molecular formula is C24H33N3O4. The summed E-state index contributed by atoms with van der Waals surface area (Å²) in [6.45, 7) is 8.27. The van der Waals surface area contributed by atoms with E-state index in [2.05, 4.69) is 24.1 Å². The van der Waals surface area contributed by atoms with E-state index in [0.29, 0.717) is 31.7 Å². The van der Waals surface area contributed by atoms with Crippen molar-refractivity contribution in [3.05, 3.63) is 29.3 Å². The minimum atomic E-state index is -0.949. The van der Waals surface area contributed by atoms with Crippen molar-refractivity contribution in [2.45, 2.75) is 69.1 Å². The Bertz CT molecular complexity index is 951. The summed E-state index contributed by atoms with van der Waals surface area (Å²) in [6.07, 6.45) is 2.20. The number of aliphatic hydroxyl groups is 1. The van der Waals surface area contributed by atoms with Gasteiger partial charge in [0.2, 0.25) is 0 Å². The van der Waals surface area contributed by atoms with Crippen LogP contribution >= 0.6 is 0 Å². The molecular weight excluding hydrogens is 394 g/mol. The summed E-state index contributed by atoms with van der Waals surface area (Å²) < 4.78 is 5.54. The molecule has 2 N–H and O–H groups in total. The Hall–Kier alpha value is -2.12. The van der Waals surface area contributed by atoms with E-state index in [0.717, 1.165) is 36.4 Å². The number of ether oxygens (including phenoxy) is 1. The summed E-state index contributed by atoms with van der Waals surface area (Å²) >= 11 is 0. The van der Waals surface area contributed by atoms with Crippen LogP contribution in [-0.2, 0) is 10.2 Å². The number of hydrogen-bond acceptors (Lipinski definition) is 5. The van der Waals surface area contributed by atoms with Crippen molar-refractivity contribution < 1.29 is 19.4 Å². The Labute approximate surface area is 183 Å². The lowest BCUT2D eigenvalue weighted by Crippen LogP contribution is -2.70. The van der Waals surface area contributed by atoms with E-state index in [1.54, 1.807) is 7.11 Å². The van der Waals surface area contributed by atoms with Crippen LogP contribution in [0.5, 0.6) is 5.75 Å². The highest BCUT2D eigenvalue weighted by Crippen LogP contribution is 2.65. The maximum Gasteiger partial charge on any atom is 0.325 e. The van der Waals surface area contributed by atoms with Crippen LogP contribution < -0.4 is 10.1 Å². The lowest BCUT2D eigenvalue weighted by Gasteiger charge is -2.57. The second-order valence-corrected chi connectivity index (χ2v) is 9.92. The van der Waals surface area contributed by atoms with E-state index >= 15 is 0 Å². The molecule has 7 heteroatoms. The highest BCUT2D eigenvalue weighted by atomic mass is 16.5. The predicted molar refractivity (Wildman–Crippen MR) is 116 cm³/mol. The van der Waals surface area contributed by atoms with Gasteiger partial charge in [0.15, 0.2) is 0 Å². The predicted octanol–water partition coefficient (Wildman–Crippen LogP) is 2.19. The maximum atomic E-state index is 13.4. The van der Waals surface area contributed by atoms with Gasteiger partial charge < -0.3 is 15.2 Å². The summed E-state index contributed by atoms with van der Waals surface area (Å²) in [6, 6.07) is 5.80. The first-order valence-electron chi connectivity index (χ1n) is 11.5. The van der Waals surface area contributed by atoms with Crippen molar-refractivity contribution in [2.75, 3.05) is 26.7 Å². The molecule has 2 saturated carbocycles. The first kappa shape index (κ1) is 20.8. The smallest absolute Gasteiger partial charge is 0.325 e. The van der Waals surface area contributed by atoms with E-state index in [-0.39, 0.29) is 18.0 Å². The Kier molecular flexibility index (Phi) is 4.48. The molecule has 0 aromatic heterocycles. The number of hydrogen-bond donors (Lipinski definition) is 2. The van der Waals surface area contributed by atoms with Gasteiger partial charge in [0.1, 0.15) is 11.3 Å². The zero-order valence-corrected chi connectivity index (χ0v) is 18.9. The molecule has 31 heavy (non-hydrogen) atoms. The number of methoxy groups -OCH3 is 1. The number of fused-ring (bicyclic) bond motifs is 3. The molecule has 0 radical (unpaired) electrons. The molecule has 2 aliphatic carbocycles.